The zero-order chi connectivity index (χ0) is 39.0. The Bertz CT molecular complexity index is 2700. The van der Waals surface area contributed by atoms with Gasteiger partial charge in [0, 0.05) is 24.6 Å². The maximum Gasteiger partial charge on any atom is 0.299 e. The number of aromatic nitrogens is 2. The monoisotopic (exact) mass is 697 g/mol. The van der Waals surface area contributed by atoms with E-state index in [1.807, 2.05) is 39.0 Å². The molecule has 0 unspecified atom stereocenters. The maximum absolute atomic E-state index is 8.85. The van der Waals surface area contributed by atoms with Crippen molar-refractivity contribution in [1.29, 1.82) is 0 Å². The molecule has 2 aromatic heterocycles. The lowest BCUT2D eigenvalue weighted by atomic mass is 9.86. The first kappa shape index (κ1) is 32.3. The molecule has 0 aliphatic heterocycles. The molecule has 0 amide bonds. The third kappa shape index (κ3) is 6.16. The lowest BCUT2D eigenvalue weighted by molar-refractivity contribution is -0.633. The van der Waals surface area contributed by atoms with Gasteiger partial charge in [-0.2, -0.15) is 4.57 Å². The smallest absolute Gasteiger partial charge is 0.299 e. The number of imidazole rings is 1. The van der Waals surface area contributed by atoms with Crippen LogP contribution >= 0.6 is 0 Å². The molecule has 6 aromatic carbocycles. The van der Waals surface area contributed by atoms with Crippen molar-refractivity contribution in [2.75, 3.05) is 0 Å². The SMILES string of the molecule is [2H]C([2H])(c1ccc(-c2cc(C(C)C)c(-n3c(-c4c(C)ccc5c4oc4cc(-c6ccccc6)ccc45)[n+](C)c4ccccc43)c(C(C)C)c2)cc1)C(C)(C)C. The van der Waals surface area contributed by atoms with Crippen molar-refractivity contribution in [2.45, 2.75) is 73.6 Å². The lowest BCUT2D eigenvalue weighted by Crippen LogP contribution is -2.30. The van der Waals surface area contributed by atoms with Gasteiger partial charge in [0.15, 0.2) is 16.6 Å². The summed E-state index contributed by atoms with van der Waals surface area (Å²) >= 11 is 0. The van der Waals surface area contributed by atoms with E-state index in [1.165, 1.54) is 22.4 Å². The van der Waals surface area contributed by atoms with Crippen LogP contribution in [-0.4, -0.2) is 4.57 Å². The first-order chi connectivity index (χ1) is 26.2. The van der Waals surface area contributed by atoms with E-state index in [9.17, 15) is 0 Å². The normalized spacial score (nSPS) is 13.1. The fraction of sp³-hybridized carbons (Fsp3) is 0.260. The summed E-state index contributed by atoms with van der Waals surface area (Å²) in [7, 11) is 2.18. The van der Waals surface area contributed by atoms with Gasteiger partial charge in [-0.1, -0.05) is 133 Å². The predicted molar refractivity (Wildman–Crippen MR) is 224 cm³/mol. The number of para-hydroxylation sites is 2. The van der Waals surface area contributed by atoms with E-state index < -0.39 is 11.8 Å². The Labute approximate surface area is 317 Å². The molecule has 2 heterocycles. The van der Waals surface area contributed by atoms with Crippen LogP contribution in [0.15, 0.2) is 126 Å². The molecule has 0 spiro atoms. The van der Waals surface area contributed by atoms with Crippen LogP contribution in [0.5, 0.6) is 0 Å². The third-order valence-corrected chi connectivity index (χ3v) is 10.6. The molecular weight excluding hydrogens is 645 g/mol. The van der Waals surface area contributed by atoms with Gasteiger partial charge >= 0.3 is 0 Å². The molecule has 0 fully saturated rings. The Kier molecular flexibility index (Phi) is 8.05. The van der Waals surface area contributed by atoms with E-state index in [-0.39, 0.29) is 11.8 Å². The Morgan fingerprint density at radius 1 is 0.679 bits per heavy atom. The van der Waals surface area contributed by atoms with E-state index in [0.29, 0.717) is 5.56 Å². The second kappa shape index (κ2) is 13.2. The van der Waals surface area contributed by atoms with Crippen molar-refractivity contribution in [3.63, 3.8) is 0 Å². The largest absolute Gasteiger partial charge is 0.455 e. The second-order valence-electron chi connectivity index (χ2n) is 16.3. The Morgan fingerprint density at radius 3 is 1.94 bits per heavy atom. The minimum Gasteiger partial charge on any atom is -0.455 e. The molecule has 0 saturated heterocycles. The van der Waals surface area contributed by atoms with Crippen molar-refractivity contribution in [3.8, 4) is 39.3 Å². The number of hydrogen-bond acceptors (Lipinski definition) is 1. The molecule has 0 saturated carbocycles. The molecule has 3 heteroatoms. The van der Waals surface area contributed by atoms with Gasteiger partial charge in [0.2, 0.25) is 0 Å². The van der Waals surface area contributed by atoms with Gasteiger partial charge in [-0.25, -0.2) is 4.57 Å². The molecule has 0 radical (unpaired) electrons. The third-order valence-electron chi connectivity index (χ3n) is 10.6. The summed E-state index contributed by atoms with van der Waals surface area (Å²) in [6.45, 7) is 17.2. The highest BCUT2D eigenvalue weighted by Crippen LogP contribution is 2.43. The molecule has 8 aromatic rings. The zero-order valence-corrected chi connectivity index (χ0v) is 32.5. The summed E-state index contributed by atoms with van der Waals surface area (Å²) in [6.07, 6.45) is -1.45. The number of hydrogen-bond donors (Lipinski definition) is 0. The molecule has 0 aliphatic carbocycles. The van der Waals surface area contributed by atoms with Crippen molar-refractivity contribution in [3.05, 3.63) is 144 Å². The van der Waals surface area contributed by atoms with Gasteiger partial charge < -0.3 is 4.42 Å². The molecule has 0 atom stereocenters. The van der Waals surface area contributed by atoms with Gasteiger partial charge in [-0.05, 0) is 100 Å². The molecule has 0 N–H and O–H groups in total. The van der Waals surface area contributed by atoms with E-state index in [0.717, 1.165) is 66.6 Å². The number of furan rings is 1. The van der Waals surface area contributed by atoms with Crippen molar-refractivity contribution < 1.29 is 11.7 Å². The van der Waals surface area contributed by atoms with Crippen LogP contribution in [-0.2, 0) is 13.4 Å². The number of benzene rings is 6. The number of fused-ring (bicyclic) bond motifs is 4. The lowest BCUT2D eigenvalue weighted by Gasteiger charge is -2.21. The molecule has 0 aliphatic rings. The van der Waals surface area contributed by atoms with Crippen LogP contribution in [0.25, 0.3) is 72.3 Å². The molecule has 3 nitrogen and oxygen atoms in total. The van der Waals surface area contributed by atoms with E-state index >= 15 is 0 Å². The summed E-state index contributed by atoms with van der Waals surface area (Å²) in [4.78, 5) is 0. The minimum atomic E-state index is -1.45. The van der Waals surface area contributed by atoms with Gasteiger partial charge in [0.05, 0.1) is 7.05 Å². The van der Waals surface area contributed by atoms with Crippen LogP contribution in [0.4, 0.5) is 0 Å². The number of rotatable bonds is 7. The summed E-state index contributed by atoms with van der Waals surface area (Å²) in [5.41, 5.74) is 14.8. The van der Waals surface area contributed by atoms with Gasteiger partial charge in [0.1, 0.15) is 16.8 Å². The minimum absolute atomic E-state index is 0.223. The van der Waals surface area contributed by atoms with Crippen molar-refractivity contribution >= 4 is 33.0 Å². The van der Waals surface area contributed by atoms with Gasteiger partial charge in [-0.15, -0.1) is 0 Å². The highest BCUT2D eigenvalue weighted by molar-refractivity contribution is 6.10. The average molecular weight is 698 g/mol. The van der Waals surface area contributed by atoms with Gasteiger partial charge in [0.25, 0.3) is 5.82 Å². The van der Waals surface area contributed by atoms with Crippen LogP contribution in [0, 0.1) is 12.3 Å². The first-order valence-corrected chi connectivity index (χ1v) is 19.0. The fourth-order valence-corrected chi connectivity index (χ4v) is 8.01. The van der Waals surface area contributed by atoms with E-state index in [2.05, 4.69) is 154 Å². The van der Waals surface area contributed by atoms with Crippen LogP contribution < -0.4 is 4.57 Å². The highest BCUT2D eigenvalue weighted by Gasteiger charge is 2.34. The quantitative estimate of drug-likeness (QED) is 0.152. The number of aryl methyl sites for hydroxylation is 2. The van der Waals surface area contributed by atoms with Gasteiger partial charge in [-0.3, -0.25) is 0 Å². The molecule has 8 rings (SSSR count). The van der Waals surface area contributed by atoms with E-state index in [4.69, 9.17) is 7.16 Å². The standard InChI is InChI=1S/C50H51N2O/c1-31(2)41-27-38(36-22-20-34(21-23-36)30-50(6,7)8)28-42(32(3)4)47(41)52-44-18-14-13-17-43(44)51(9)49(52)46-33(5)19-25-40-39-26-24-37(29-45(39)53-48(40)46)35-15-11-10-12-16-35/h10-29,31-32H,30H2,1-9H3/q+1/i30D2. The first-order valence-electron chi connectivity index (χ1n) is 20.0. The van der Waals surface area contributed by atoms with Crippen molar-refractivity contribution in [2.24, 2.45) is 12.5 Å². The van der Waals surface area contributed by atoms with Crippen molar-refractivity contribution in [1.82, 2.24) is 4.57 Å². The average Bonchev–Trinajstić information content (AvgIpc) is 3.68. The molecule has 0 bridgehead atoms. The molecular formula is C50H51N2O+. The molecule has 53 heavy (non-hydrogen) atoms. The Morgan fingerprint density at radius 2 is 1.28 bits per heavy atom. The highest BCUT2D eigenvalue weighted by atomic mass is 16.3. The summed E-state index contributed by atoms with van der Waals surface area (Å²) < 4.78 is 29.5. The fourth-order valence-electron chi connectivity index (χ4n) is 8.01. The number of nitrogens with zero attached hydrogens (tertiary/aromatic N) is 2. The van der Waals surface area contributed by atoms with E-state index in [1.54, 1.807) is 0 Å². The Balaban J connectivity index is 1.39. The summed E-state index contributed by atoms with van der Waals surface area (Å²) in [5, 5.41) is 2.22. The van der Waals surface area contributed by atoms with Crippen LogP contribution in [0.3, 0.4) is 0 Å². The molecule has 266 valence electrons. The van der Waals surface area contributed by atoms with Crippen LogP contribution in [0.2, 0.25) is 0 Å². The van der Waals surface area contributed by atoms with Crippen LogP contribution in [0.1, 0.15) is 85.3 Å². The summed E-state index contributed by atoms with van der Waals surface area (Å²) in [6, 6.07) is 43.1. The Hall–Kier alpha value is -5.41. The maximum atomic E-state index is 8.85. The predicted octanol–water partition coefficient (Wildman–Crippen LogP) is 13.5. The summed E-state index contributed by atoms with van der Waals surface area (Å²) in [5.74, 6) is 1.53. The zero-order valence-electron chi connectivity index (χ0n) is 34.5. The second-order valence-corrected chi connectivity index (χ2v) is 16.3. The topological polar surface area (TPSA) is 21.9 Å².